The lowest BCUT2D eigenvalue weighted by molar-refractivity contribution is -0.142. The number of amides is 1. The van der Waals surface area contributed by atoms with E-state index in [1.807, 2.05) is 13.8 Å². The molecule has 0 saturated heterocycles. The normalized spacial score (nSPS) is 10.6. The van der Waals surface area contributed by atoms with Crippen LogP contribution in [0.3, 0.4) is 0 Å². The van der Waals surface area contributed by atoms with Crippen LogP contribution in [0, 0.1) is 3.57 Å². The Kier molecular flexibility index (Phi) is 10.1. The second-order valence-corrected chi connectivity index (χ2v) is 7.36. The number of carbonyl (C=O) groups is 2. The summed E-state index contributed by atoms with van der Waals surface area (Å²) in [6.07, 6.45) is 2.42. The van der Waals surface area contributed by atoms with Crippen LogP contribution in [0.1, 0.15) is 36.2 Å². The summed E-state index contributed by atoms with van der Waals surface area (Å²) in [6, 6.07) is 10.4. The molecule has 0 spiro atoms. The molecule has 166 valence electrons. The largest absolute Gasteiger partial charge is 0.494 e. The van der Waals surface area contributed by atoms with Crippen molar-refractivity contribution >= 4 is 40.7 Å². The number of esters is 1. The number of halogens is 1. The van der Waals surface area contributed by atoms with Gasteiger partial charge in [0.1, 0.15) is 5.75 Å². The van der Waals surface area contributed by atoms with Crippen LogP contribution in [-0.4, -0.2) is 45.0 Å². The third kappa shape index (κ3) is 7.74. The van der Waals surface area contributed by atoms with Crippen molar-refractivity contribution in [2.45, 2.75) is 20.3 Å². The molecular formula is C22H25IN2O6. The van der Waals surface area contributed by atoms with Gasteiger partial charge in [-0.15, -0.1) is 0 Å². The molecule has 9 heteroatoms. The molecule has 0 aliphatic rings. The number of methoxy groups -OCH3 is 1. The van der Waals surface area contributed by atoms with Crippen LogP contribution in [0.25, 0.3) is 0 Å². The lowest BCUT2D eigenvalue weighted by Crippen LogP contribution is -2.17. The maximum atomic E-state index is 12.3. The molecule has 8 nitrogen and oxygen atoms in total. The molecule has 0 aromatic heterocycles. The highest BCUT2D eigenvalue weighted by atomic mass is 127. The molecule has 0 unspecified atom stereocenters. The highest BCUT2D eigenvalue weighted by Crippen LogP contribution is 2.34. The fourth-order valence-electron chi connectivity index (χ4n) is 2.41. The van der Waals surface area contributed by atoms with Gasteiger partial charge in [-0.25, -0.2) is 10.2 Å². The molecule has 0 fully saturated rings. The van der Waals surface area contributed by atoms with Crippen LogP contribution >= 0.6 is 22.6 Å². The monoisotopic (exact) mass is 540 g/mol. The fourth-order valence-corrected chi connectivity index (χ4v) is 3.19. The molecule has 0 aliphatic heterocycles. The molecule has 0 aliphatic carbocycles. The van der Waals surface area contributed by atoms with Crippen molar-refractivity contribution in [2.24, 2.45) is 5.10 Å². The van der Waals surface area contributed by atoms with Gasteiger partial charge >= 0.3 is 5.97 Å². The van der Waals surface area contributed by atoms with Gasteiger partial charge in [0.15, 0.2) is 18.1 Å². The number of nitrogens with one attached hydrogen (secondary N) is 1. The first-order chi connectivity index (χ1) is 15.0. The third-order valence-corrected chi connectivity index (χ3v) is 4.66. The molecule has 0 heterocycles. The zero-order valence-corrected chi connectivity index (χ0v) is 19.8. The lowest BCUT2D eigenvalue weighted by atomic mass is 10.2. The summed E-state index contributed by atoms with van der Waals surface area (Å²) in [5, 5.41) is 4.02. The van der Waals surface area contributed by atoms with Crippen molar-refractivity contribution in [3.8, 4) is 17.2 Å². The van der Waals surface area contributed by atoms with E-state index in [0.717, 1.165) is 15.7 Å². The summed E-state index contributed by atoms with van der Waals surface area (Å²) >= 11 is 2.08. The molecule has 2 aromatic carbocycles. The van der Waals surface area contributed by atoms with Crippen LogP contribution in [0.5, 0.6) is 17.2 Å². The first-order valence-electron chi connectivity index (χ1n) is 9.70. The van der Waals surface area contributed by atoms with Crippen LogP contribution in [0.2, 0.25) is 0 Å². The van der Waals surface area contributed by atoms with E-state index in [9.17, 15) is 9.59 Å². The van der Waals surface area contributed by atoms with Gasteiger partial charge in [0.25, 0.3) is 5.91 Å². The Labute approximate surface area is 195 Å². The predicted octanol–water partition coefficient (Wildman–Crippen LogP) is 3.79. The Morgan fingerprint density at radius 2 is 1.84 bits per heavy atom. The smallest absolute Gasteiger partial charge is 0.343 e. The van der Waals surface area contributed by atoms with E-state index < -0.39 is 5.97 Å². The van der Waals surface area contributed by atoms with Gasteiger partial charge in [-0.1, -0.05) is 6.92 Å². The Bertz CT molecular complexity index is 915. The fraction of sp³-hybridized carbons (Fsp3) is 0.318. The third-order valence-electron chi connectivity index (χ3n) is 3.86. The van der Waals surface area contributed by atoms with Gasteiger partial charge in [0, 0.05) is 5.56 Å². The second kappa shape index (κ2) is 12.8. The molecule has 0 saturated carbocycles. The number of rotatable bonds is 11. The number of ether oxygens (including phenoxy) is 4. The van der Waals surface area contributed by atoms with E-state index in [4.69, 9.17) is 14.2 Å². The minimum absolute atomic E-state index is 0.224. The van der Waals surface area contributed by atoms with Crippen molar-refractivity contribution in [1.82, 2.24) is 5.43 Å². The molecule has 1 N–H and O–H groups in total. The molecule has 0 atom stereocenters. The first kappa shape index (κ1) is 24.4. The molecule has 1 amide bonds. The van der Waals surface area contributed by atoms with E-state index >= 15 is 0 Å². The quantitative estimate of drug-likeness (QED) is 0.202. The molecule has 0 bridgehead atoms. The van der Waals surface area contributed by atoms with Gasteiger partial charge in [0.05, 0.1) is 30.1 Å². The molecule has 0 radical (unpaired) electrons. The first-order valence-corrected chi connectivity index (χ1v) is 10.8. The molecule has 31 heavy (non-hydrogen) atoms. The summed E-state index contributed by atoms with van der Waals surface area (Å²) in [4.78, 5) is 23.6. The van der Waals surface area contributed by atoms with Gasteiger partial charge < -0.3 is 18.9 Å². The average molecular weight is 540 g/mol. The van der Waals surface area contributed by atoms with Gasteiger partial charge in [0.2, 0.25) is 0 Å². The van der Waals surface area contributed by atoms with E-state index in [1.54, 1.807) is 36.4 Å². The topological polar surface area (TPSA) is 95.5 Å². The van der Waals surface area contributed by atoms with Crippen molar-refractivity contribution in [3.63, 3.8) is 0 Å². The van der Waals surface area contributed by atoms with Crippen molar-refractivity contribution in [2.75, 3.05) is 26.9 Å². The Morgan fingerprint density at radius 1 is 1.10 bits per heavy atom. The lowest BCUT2D eigenvalue weighted by Gasteiger charge is -2.14. The minimum atomic E-state index is -0.489. The van der Waals surface area contributed by atoms with Crippen LogP contribution < -0.4 is 19.6 Å². The average Bonchev–Trinajstić information content (AvgIpc) is 2.77. The zero-order chi connectivity index (χ0) is 22.6. The predicted molar refractivity (Wildman–Crippen MR) is 125 cm³/mol. The summed E-state index contributed by atoms with van der Waals surface area (Å²) in [5.74, 6) is 0.801. The van der Waals surface area contributed by atoms with E-state index in [2.05, 4.69) is 37.9 Å². The Hall–Kier alpha value is -2.82. The molecule has 2 rings (SSSR count). The van der Waals surface area contributed by atoms with Crippen LogP contribution in [0.15, 0.2) is 41.5 Å². The van der Waals surface area contributed by atoms with E-state index in [1.165, 1.54) is 13.3 Å². The number of hydrogen-bond acceptors (Lipinski definition) is 7. The summed E-state index contributed by atoms with van der Waals surface area (Å²) in [6.45, 7) is 4.70. The number of nitrogens with zero attached hydrogens (tertiary/aromatic N) is 1. The molecule has 2 aromatic rings. The number of carbonyl (C=O) groups excluding carboxylic acids is 2. The Morgan fingerprint density at radius 3 is 2.48 bits per heavy atom. The van der Waals surface area contributed by atoms with Gasteiger partial charge in [-0.2, -0.15) is 5.10 Å². The standard InChI is InChI=1S/C22H25IN2O6/c1-4-10-30-17-8-6-16(7-9-17)22(27)25-24-13-15-11-18(23)21(19(12-15)29-5-2)31-14-20(26)28-3/h6-9,11-13H,4-5,10,14H2,1-3H3,(H,25,27)/b24-13-. The SMILES string of the molecule is CCCOc1ccc(C(=O)N/N=C\c2cc(I)c(OCC(=O)OC)c(OCC)c2)cc1. The summed E-state index contributed by atoms with van der Waals surface area (Å²) < 4.78 is 22.0. The van der Waals surface area contributed by atoms with E-state index in [-0.39, 0.29) is 12.5 Å². The number of hydrogen-bond donors (Lipinski definition) is 1. The van der Waals surface area contributed by atoms with Crippen LogP contribution in [0.4, 0.5) is 0 Å². The maximum absolute atomic E-state index is 12.3. The van der Waals surface area contributed by atoms with E-state index in [0.29, 0.717) is 35.8 Å². The summed E-state index contributed by atoms with van der Waals surface area (Å²) in [5.41, 5.74) is 3.66. The van der Waals surface area contributed by atoms with Crippen molar-refractivity contribution < 1.29 is 28.5 Å². The summed E-state index contributed by atoms with van der Waals surface area (Å²) in [7, 11) is 1.29. The highest BCUT2D eigenvalue weighted by Gasteiger charge is 2.14. The number of hydrazone groups is 1. The molecular weight excluding hydrogens is 515 g/mol. The Balaban J connectivity index is 2.05. The van der Waals surface area contributed by atoms with Crippen molar-refractivity contribution in [3.05, 3.63) is 51.1 Å². The maximum Gasteiger partial charge on any atom is 0.343 e. The van der Waals surface area contributed by atoms with Gasteiger partial charge in [-0.05, 0) is 77.9 Å². The second-order valence-electron chi connectivity index (χ2n) is 6.20. The van der Waals surface area contributed by atoms with Crippen LogP contribution in [-0.2, 0) is 9.53 Å². The van der Waals surface area contributed by atoms with Gasteiger partial charge in [-0.3, -0.25) is 4.79 Å². The van der Waals surface area contributed by atoms with Crippen molar-refractivity contribution in [1.29, 1.82) is 0 Å². The minimum Gasteiger partial charge on any atom is -0.494 e. The zero-order valence-electron chi connectivity index (χ0n) is 17.6. The number of benzene rings is 2. The highest BCUT2D eigenvalue weighted by molar-refractivity contribution is 14.1.